The van der Waals surface area contributed by atoms with Crippen LogP contribution >= 0.6 is 0 Å². The van der Waals surface area contributed by atoms with E-state index in [4.69, 9.17) is 9.47 Å². The van der Waals surface area contributed by atoms with Crippen molar-refractivity contribution in [1.82, 2.24) is 9.80 Å². The zero-order valence-electron chi connectivity index (χ0n) is 20.9. The van der Waals surface area contributed by atoms with Crippen LogP contribution in [-0.2, 0) is 13.1 Å². The zero-order chi connectivity index (χ0) is 23.9. The Morgan fingerprint density at radius 3 is 1.62 bits per heavy atom. The molecule has 3 aromatic carbocycles. The van der Waals surface area contributed by atoms with Gasteiger partial charge in [-0.3, -0.25) is 9.80 Å². The van der Waals surface area contributed by atoms with Crippen LogP contribution < -0.4 is 14.4 Å². The minimum atomic E-state index is 0.181. The first-order valence-corrected chi connectivity index (χ1v) is 12.2. The van der Waals surface area contributed by atoms with Gasteiger partial charge in [-0.25, -0.2) is 0 Å². The highest BCUT2D eigenvalue weighted by Crippen LogP contribution is 2.36. The van der Waals surface area contributed by atoms with Crippen molar-refractivity contribution in [1.29, 1.82) is 0 Å². The lowest BCUT2D eigenvalue weighted by atomic mass is 10.1. The lowest BCUT2D eigenvalue weighted by molar-refractivity contribution is 0.124. The highest BCUT2D eigenvalue weighted by atomic mass is 16.5. The Morgan fingerprint density at radius 2 is 1.18 bits per heavy atom. The van der Waals surface area contributed by atoms with Crippen LogP contribution in [0.2, 0.25) is 0 Å². The van der Waals surface area contributed by atoms with Gasteiger partial charge in [0, 0.05) is 56.1 Å². The molecule has 0 spiro atoms. The van der Waals surface area contributed by atoms with E-state index in [1.807, 2.05) is 24.3 Å². The summed E-state index contributed by atoms with van der Waals surface area (Å²) in [6.07, 6.45) is 0.181. The van der Waals surface area contributed by atoms with Crippen molar-refractivity contribution in [2.75, 3.05) is 45.3 Å². The summed E-state index contributed by atoms with van der Waals surface area (Å²) >= 11 is 0. The van der Waals surface area contributed by atoms with E-state index in [0.717, 1.165) is 50.8 Å². The summed E-state index contributed by atoms with van der Waals surface area (Å²) in [5, 5.41) is 0. The van der Waals surface area contributed by atoms with Crippen LogP contribution in [0.4, 0.5) is 5.69 Å². The molecule has 0 aliphatic carbocycles. The SMILES string of the molecule is CCN(CC)c1ccc(C2N(Cc3ccccc3OC)CCN2Cc2ccccc2OC)cc1. The predicted molar refractivity (Wildman–Crippen MR) is 140 cm³/mol. The first-order chi connectivity index (χ1) is 16.7. The third-order valence-corrected chi connectivity index (χ3v) is 6.82. The summed E-state index contributed by atoms with van der Waals surface area (Å²) in [5.41, 5.74) is 5.03. The molecule has 1 heterocycles. The van der Waals surface area contributed by atoms with E-state index in [1.165, 1.54) is 22.4 Å². The maximum atomic E-state index is 5.65. The molecule has 180 valence electrons. The Morgan fingerprint density at radius 1 is 0.706 bits per heavy atom. The van der Waals surface area contributed by atoms with Crippen molar-refractivity contribution in [3.63, 3.8) is 0 Å². The van der Waals surface area contributed by atoms with Gasteiger partial charge in [0.1, 0.15) is 11.5 Å². The summed E-state index contributed by atoms with van der Waals surface area (Å²) in [5.74, 6) is 1.89. The van der Waals surface area contributed by atoms with E-state index in [0.29, 0.717) is 0 Å². The number of ether oxygens (including phenoxy) is 2. The van der Waals surface area contributed by atoms with E-state index in [-0.39, 0.29) is 6.17 Å². The largest absolute Gasteiger partial charge is 0.496 e. The highest BCUT2D eigenvalue weighted by Gasteiger charge is 2.34. The van der Waals surface area contributed by atoms with Gasteiger partial charge in [-0.2, -0.15) is 0 Å². The molecular formula is C29H37N3O2. The molecular weight excluding hydrogens is 422 g/mol. The summed E-state index contributed by atoms with van der Waals surface area (Å²) in [4.78, 5) is 7.50. The molecule has 1 fully saturated rings. The molecule has 0 N–H and O–H groups in total. The molecule has 0 unspecified atom stereocenters. The van der Waals surface area contributed by atoms with Gasteiger partial charge in [0.25, 0.3) is 0 Å². The van der Waals surface area contributed by atoms with Crippen LogP contribution in [0.1, 0.15) is 36.7 Å². The van der Waals surface area contributed by atoms with Gasteiger partial charge < -0.3 is 14.4 Å². The van der Waals surface area contributed by atoms with Crippen LogP contribution in [0.15, 0.2) is 72.8 Å². The van der Waals surface area contributed by atoms with Gasteiger partial charge in [-0.15, -0.1) is 0 Å². The number of methoxy groups -OCH3 is 2. The molecule has 0 bridgehead atoms. The summed E-state index contributed by atoms with van der Waals surface area (Å²) in [6.45, 7) is 10.1. The van der Waals surface area contributed by atoms with Gasteiger partial charge in [0.15, 0.2) is 0 Å². The van der Waals surface area contributed by atoms with E-state index in [9.17, 15) is 0 Å². The maximum Gasteiger partial charge on any atom is 0.123 e. The average Bonchev–Trinajstić information content (AvgIpc) is 3.27. The maximum absolute atomic E-state index is 5.65. The van der Waals surface area contributed by atoms with Crippen molar-refractivity contribution >= 4 is 5.69 Å². The van der Waals surface area contributed by atoms with Crippen molar-refractivity contribution in [3.8, 4) is 11.5 Å². The lowest BCUT2D eigenvalue weighted by Crippen LogP contribution is -2.31. The van der Waals surface area contributed by atoms with Crippen molar-refractivity contribution in [3.05, 3.63) is 89.5 Å². The van der Waals surface area contributed by atoms with Gasteiger partial charge in [-0.05, 0) is 43.7 Å². The van der Waals surface area contributed by atoms with Crippen LogP contribution in [-0.4, -0.2) is 50.2 Å². The number of anilines is 1. The number of para-hydroxylation sites is 2. The number of hydrogen-bond donors (Lipinski definition) is 0. The monoisotopic (exact) mass is 459 g/mol. The smallest absolute Gasteiger partial charge is 0.123 e. The van der Waals surface area contributed by atoms with Crippen LogP contribution in [0.25, 0.3) is 0 Å². The molecule has 0 radical (unpaired) electrons. The second-order valence-electron chi connectivity index (χ2n) is 8.70. The molecule has 4 rings (SSSR count). The molecule has 0 saturated carbocycles. The average molecular weight is 460 g/mol. The van der Waals surface area contributed by atoms with Gasteiger partial charge in [0.05, 0.1) is 20.4 Å². The number of benzene rings is 3. The minimum absolute atomic E-state index is 0.181. The van der Waals surface area contributed by atoms with Gasteiger partial charge in [0.2, 0.25) is 0 Å². The third-order valence-electron chi connectivity index (χ3n) is 6.82. The molecule has 0 atom stereocenters. The van der Waals surface area contributed by atoms with E-state index in [1.54, 1.807) is 14.2 Å². The molecule has 34 heavy (non-hydrogen) atoms. The van der Waals surface area contributed by atoms with Crippen LogP contribution in [0.5, 0.6) is 11.5 Å². The first kappa shape index (κ1) is 24.1. The molecule has 0 amide bonds. The quantitative estimate of drug-likeness (QED) is 0.395. The normalized spacial score (nSPS) is 14.9. The molecule has 1 aliphatic heterocycles. The summed E-state index contributed by atoms with van der Waals surface area (Å²) in [7, 11) is 3.50. The van der Waals surface area contributed by atoms with E-state index >= 15 is 0 Å². The Balaban J connectivity index is 1.65. The molecule has 3 aromatic rings. The fourth-order valence-corrected chi connectivity index (χ4v) is 5.04. The second kappa shape index (κ2) is 11.4. The van der Waals surface area contributed by atoms with Crippen molar-refractivity contribution < 1.29 is 9.47 Å². The molecule has 1 aliphatic rings. The Labute approximate surface area is 204 Å². The Bertz CT molecular complexity index is 992. The van der Waals surface area contributed by atoms with Gasteiger partial charge >= 0.3 is 0 Å². The van der Waals surface area contributed by atoms with Gasteiger partial charge in [-0.1, -0.05) is 48.5 Å². The van der Waals surface area contributed by atoms with Crippen molar-refractivity contribution in [2.45, 2.75) is 33.1 Å². The lowest BCUT2D eigenvalue weighted by Gasteiger charge is -2.32. The predicted octanol–water partition coefficient (Wildman–Crippen LogP) is 5.57. The fourth-order valence-electron chi connectivity index (χ4n) is 5.04. The first-order valence-electron chi connectivity index (χ1n) is 12.2. The highest BCUT2D eigenvalue weighted by molar-refractivity contribution is 5.48. The number of rotatable bonds is 10. The third kappa shape index (κ3) is 5.21. The van der Waals surface area contributed by atoms with Crippen molar-refractivity contribution in [2.24, 2.45) is 0 Å². The molecule has 5 nitrogen and oxygen atoms in total. The Kier molecular flexibility index (Phi) is 8.09. The second-order valence-corrected chi connectivity index (χ2v) is 8.70. The van der Waals surface area contributed by atoms with E-state index < -0.39 is 0 Å². The molecule has 5 heteroatoms. The molecule has 1 saturated heterocycles. The number of nitrogens with zero attached hydrogens (tertiary/aromatic N) is 3. The summed E-state index contributed by atoms with van der Waals surface area (Å²) in [6, 6.07) is 25.8. The zero-order valence-corrected chi connectivity index (χ0v) is 20.9. The standard InChI is InChI=1S/C29H37N3O2/c1-5-30(6-2)26-17-15-23(16-18-26)29-31(21-24-11-7-9-13-27(24)33-3)19-20-32(29)22-25-12-8-10-14-28(25)34-4/h7-18,29H,5-6,19-22H2,1-4H3. The minimum Gasteiger partial charge on any atom is -0.496 e. The topological polar surface area (TPSA) is 28.2 Å². The Hall–Kier alpha value is -3.02. The molecule has 0 aromatic heterocycles. The number of hydrogen-bond acceptors (Lipinski definition) is 5. The van der Waals surface area contributed by atoms with Crippen LogP contribution in [0.3, 0.4) is 0 Å². The fraction of sp³-hybridized carbons (Fsp3) is 0.379. The summed E-state index contributed by atoms with van der Waals surface area (Å²) < 4.78 is 11.3. The van der Waals surface area contributed by atoms with E-state index in [2.05, 4.69) is 77.1 Å². The van der Waals surface area contributed by atoms with Crippen LogP contribution in [0, 0.1) is 0 Å².